The maximum atomic E-state index is 13.8. The van der Waals surface area contributed by atoms with Crippen molar-refractivity contribution in [3.63, 3.8) is 0 Å². The van der Waals surface area contributed by atoms with Gasteiger partial charge in [-0.3, -0.25) is 18.4 Å². The van der Waals surface area contributed by atoms with Gasteiger partial charge in [0.15, 0.2) is 38.7 Å². The van der Waals surface area contributed by atoms with E-state index in [0.29, 0.717) is 30.1 Å². The van der Waals surface area contributed by atoms with E-state index in [1.54, 1.807) is 41.1 Å². The van der Waals surface area contributed by atoms with Crippen LogP contribution in [0.25, 0.3) is 44.6 Å². The minimum atomic E-state index is -0.809. The lowest BCUT2D eigenvalue weighted by atomic mass is 10.1. The van der Waals surface area contributed by atoms with Gasteiger partial charge in [-0.15, -0.1) is 0 Å². The largest absolute Gasteiger partial charge is 0.503 e. The number of hydrogen-bond donors (Lipinski definition) is 2. The fourth-order valence-electron chi connectivity index (χ4n) is 5.81. The van der Waals surface area contributed by atoms with Gasteiger partial charge in [-0.05, 0) is 72.5 Å². The van der Waals surface area contributed by atoms with Crippen molar-refractivity contribution in [1.29, 1.82) is 0 Å². The Bertz CT molecular complexity index is 2750. The van der Waals surface area contributed by atoms with Gasteiger partial charge >= 0.3 is 0 Å². The third-order valence-corrected chi connectivity index (χ3v) is 10.8. The minimum Gasteiger partial charge on any atom is -0.503 e. The molecule has 0 unspecified atom stereocenters. The highest BCUT2D eigenvalue weighted by atomic mass is 35.5. The van der Waals surface area contributed by atoms with Crippen molar-refractivity contribution >= 4 is 56.3 Å². The summed E-state index contributed by atoms with van der Waals surface area (Å²) in [4.78, 5) is 35.8. The SMILES string of the molecule is COc1cc(/C=c2\sc3nc(-c4ccccc4C)cn3c2=O)cc(Cl)c1O.COc1cc(/C=c2\sc3nc(-c4ccccc4C)cn3c2=O)cc(F)c1O. The molecule has 272 valence electrons. The van der Waals surface area contributed by atoms with E-state index >= 15 is 0 Å². The molecule has 2 N–H and O–H groups in total. The molecular weight excluding hydrogens is 751 g/mol. The van der Waals surface area contributed by atoms with E-state index in [1.807, 2.05) is 62.4 Å². The summed E-state index contributed by atoms with van der Waals surface area (Å²) in [5.74, 6) is -1.22. The van der Waals surface area contributed by atoms with Crippen molar-refractivity contribution in [3.8, 4) is 45.5 Å². The number of methoxy groups -OCH3 is 2. The molecule has 0 radical (unpaired) electrons. The maximum Gasteiger partial charge on any atom is 0.274 e. The van der Waals surface area contributed by atoms with Crippen molar-refractivity contribution in [2.24, 2.45) is 0 Å². The molecule has 0 saturated carbocycles. The summed E-state index contributed by atoms with van der Waals surface area (Å²) in [6, 6.07) is 21.6. The van der Waals surface area contributed by atoms with E-state index < -0.39 is 11.6 Å². The predicted molar refractivity (Wildman–Crippen MR) is 211 cm³/mol. The Morgan fingerprint density at radius 1 is 0.704 bits per heavy atom. The lowest BCUT2D eigenvalue weighted by molar-refractivity contribution is 0.357. The molecular formula is C40H30ClFN4O6S2. The summed E-state index contributed by atoms with van der Waals surface area (Å²) in [5, 5.41) is 19.6. The van der Waals surface area contributed by atoms with Gasteiger partial charge in [0.25, 0.3) is 11.1 Å². The molecule has 0 spiro atoms. The van der Waals surface area contributed by atoms with Crippen molar-refractivity contribution in [2.45, 2.75) is 13.8 Å². The molecule has 54 heavy (non-hydrogen) atoms. The fourth-order valence-corrected chi connectivity index (χ4v) is 7.94. The number of nitrogens with zero attached hydrogens (tertiary/aromatic N) is 4. The van der Waals surface area contributed by atoms with Crippen molar-refractivity contribution in [1.82, 2.24) is 18.8 Å². The highest BCUT2D eigenvalue weighted by molar-refractivity contribution is 7.15. The van der Waals surface area contributed by atoms with Crippen LogP contribution in [-0.2, 0) is 0 Å². The van der Waals surface area contributed by atoms with E-state index in [9.17, 15) is 24.2 Å². The van der Waals surface area contributed by atoms with Crippen LogP contribution in [0, 0.1) is 19.7 Å². The normalized spacial score (nSPS) is 12.0. The standard InChI is InChI=1S/C20H15ClN2O3S.C20H15FN2O3S/c2*1-11-5-3-4-6-13(11)15-10-23-19(25)17(27-20(23)22-15)9-12-7-14(21)18(24)16(8-12)26-2/h2*3-10,24H,1-2H3/b2*17-9-. The number of aromatic nitrogens is 4. The second kappa shape index (κ2) is 14.8. The molecule has 0 aliphatic heterocycles. The number of aryl methyl sites for hydroxylation is 2. The van der Waals surface area contributed by atoms with E-state index in [4.69, 9.17) is 21.1 Å². The van der Waals surface area contributed by atoms with Crippen molar-refractivity contribution < 1.29 is 24.1 Å². The highest BCUT2D eigenvalue weighted by Gasteiger charge is 2.15. The van der Waals surface area contributed by atoms with Gasteiger partial charge in [-0.2, -0.15) is 0 Å². The molecule has 0 fully saturated rings. The third kappa shape index (κ3) is 6.92. The summed E-state index contributed by atoms with van der Waals surface area (Å²) >= 11 is 8.55. The van der Waals surface area contributed by atoms with Crippen molar-refractivity contribution in [2.75, 3.05) is 14.2 Å². The van der Waals surface area contributed by atoms with Gasteiger partial charge in [-0.25, -0.2) is 14.4 Å². The van der Waals surface area contributed by atoms with E-state index in [0.717, 1.165) is 39.7 Å². The summed E-state index contributed by atoms with van der Waals surface area (Å²) in [7, 11) is 2.78. The first-order valence-corrected chi connectivity index (χ1v) is 18.3. The number of benzene rings is 4. The first-order chi connectivity index (χ1) is 25.9. The van der Waals surface area contributed by atoms with Gasteiger partial charge < -0.3 is 19.7 Å². The van der Waals surface area contributed by atoms with Crippen LogP contribution in [-0.4, -0.2) is 43.2 Å². The first-order valence-electron chi connectivity index (χ1n) is 16.3. The third-order valence-electron chi connectivity index (χ3n) is 8.59. The predicted octanol–water partition coefficient (Wildman–Crippen LogP) is 6.78. The number of fused-ring (bicyclic) bond motifs is 2. The Kier molecular flexibility index (Phi) is 9.95. The number of aromatic hydroxyl groups is 2. The van der Waals surface area contributed by atoms with Gasteiger partial charge in [0.1, 0.15) is 0 Å². The number of phenols is 2. The summed E-state index contributed by atoms with van der Waals surface area (Å²) in [5.41, 5.74) is 6.38. The number of rotatable bonds is 6. The molecule has 8 rings (SSSR count). The summed E-state index contributed by atoms with van der Waals surface area (Å²) < 4.78 is 27.9. The Hall–Kier alpha value is -6.02. The molecule has 4 heterocycles. The fraction of sp³-hybridized carbons (Fsp3) is 0.100. The zero-order valence-corrected chi connectivity index (χ0v) is 31.5. The molecule has 10 nitrogen and oxygen atoms in total. The van der Waals surface area contributed by atoms with Crippen LogP contribution in [0.3, 0.4) is 0 Å². The van der Waals surface area contributed by atoms with Crippen LogP contribution in [0.1, 0.15) is 22.3 Å². The number of halogens is 2. The van der Waals surface area contributed by atoms with E-state index in [1.165, 1.54) is 47.4 Å². The van der Waals surface area contributed by atoms with Gasteiger partial charge in [0, 0.05) is 23.5 Å². The molecule has 4 aromatic carbocycles. The van der Waals surface area contributed by atoms with Crippen LogP contribution in [0.4, 0.5) is 4.39 Å². The number of ether oxygens (including phenoxy) is 2. The Morgan fingerprint density at radius 2 is 1.15 bits per heavy atom. The smallest absolute Gasteiger partial charge is 0.274 e. The second-order valence-electron chi connectivity index (χ2n) is 12.1. The van der Waals surface area contributed by atoms with Crippen LogP contribution >= 0.6 is 34.3 Å². The number of phenolic OH excluding ortho intramolecular Hbond substituents is 2. The Labute approximate surface area is 319 Å². The first kappa shape index (κ1) is 36.3. The Balaban J connectivity index is 0.000000167. The zero-order chi connectivity index (χ0) is 38.3. The number of imidazole rings is 2. The minimum absolute atomic E-state index is 0.0110. The molecule has 14 heteroatoms. The average molecular weight is 781 g/mol. The molecule has 0 aliphatic rings. The maximum absolute atomic E-state index is 13.8. The summed E-state index contributed by atoms with van der Waals surface area (Å²) in [6.45, 7) is 4.01. The Morgan fingerprint density at radius 3 is 1.59 bits per heavy atom. The van der Waals surface area contributed by atoms with Crippen LogP contribution in [0.5, 0.6) is 23.0 Å². The zero-order valence-electron chi connectivity index (χ0n) is 29.1. The topological polar surface area (TPSA) is 128 Å². The monoisotopic (exact) mass is 780 g/mol. The molecule has 8 aromatic rings. The average Bonchev–Trinajstić information content (AvgIpc) is 3.91. The van der Waals surface area contributed by atoms with Gasteiger partial charge in [0.2, 0.25) is 0 Å². The molecule has 4 aromatic heterocycles. The lowest BCUT2D eigenvalue weighted by Gasteiger charge is -2.05. The number of thiazole rings is 2. The van der Waals surface area contributed by atoms with Crippen LogP contribution in [0.2, 0.25) is 5.02 Å². The molecule has 0 saturated heterocycles. The second-order valence-corrected chi connectivity index (χ2v) is 14.6. The van der Waals surface area contributed by atoms with Crippen LogP contribution in [0.15, 0.2) is 94.8 Å². The van der Waals surface area contributed by atoms with Crippen molar-refractivity contribution in [3.05, 3.63) is 148 Å². The molecule has 0 aliphatic carbocycles. The summed E-state index contributed by atoms with van der Waals surface area (Å²) in [6.07, 6.45) is 6.74. The lowest BCUT2D eigenvalue weighted by Crippen LogP contribution is -2.22. The van der Waals surface area contributed by atoms with Gasteiger partial charge in [-0.1, -0.05) is 82.8 Å². The number of hydrogen-bond acceptors (Lipinski definition) is 10. The molecule has 0 amide bonds. The molecule has 0 bridgehead atoms. The molecule has 0 atom stereocenters. The van der Waals surface area contributed by atoms with Gasteiger partial charge in [0.05, 0.1) is 39.7 Å². The quantitative estimate of drug-likeness (QED) is 0.189. The van der Waals surface area contributed by atoms with Crippen LogP contribution < -0.4 is 29.7 Å². The highest BCUT2D eigenvalue weighted by Crippen LogP contribution is 2.35. The van der Waals surface area contributed by atoms with E-state index in [-0.39, 0.29) is 33.4 Å². The van der Waals surface area contributed by atoms with E-state index in [2.05, 4.69) is 9.97 Å².